The van der Waals surface area contributed by atoms with Crippen LogP contribution in [0, 0.1) is 10.1 Å². The Bertz CT molecular complexity index is 1230. The molecule has 0 saturated carbocycles. The third-order valence-corrected chi connectivity index (χ3v) is 8.58. The van der Waals surface area contributed by atoms with Crippen molar-refractivity contribution < 1.29 is 22.9 Å². The lowest BCUT2D eigenvalue weighted by molar-refractivity contribution is -0.383. The van der Waals surface area contributed by atoms with Crippen LogP contribution in [0.15, 0.2) is 27.8 Å². The van der Waals surface area contributed by atoms with Gasteiger partial charge in [-0.25, -0.2) is 13.2 Å². The van der Waals surface area contributed by atoms with Crippen LogP contribution < -0.4 is 4.90 Å². The Morgan fingerprint density at radius 2 is 1.90 bits per heavy atom. The van der Waals surface area contributed by atoms with Gasteiger partial charge in [0.05, 0.1) is 35.0 Å². The number of rotatable bonds is 5. The molecule has 1 aromatic carbocycles. The summed E-state index contributed by atoms with van der Waals surface area (Å²) in [5, 5.41) is 12.6. The highest BCUT2D eigenvalue weighted by molar-refractivity contribution is 7.91. The van der Waals surface area contributed by atoms with Crippen LogP contribution in [0.1, 0.15) is 10.4 Å². The van der Waals surface area contributed by atoms with Gasteiger partial charge in [-0.3, -0.25) is 10.1 Å². The lowest BCUT2D eigenvalue weighted by atomic mass is 10.2. The fourth-order valence-corrected chi connectivity index (χ4v) is 6.50. The van der Waals surface area contributed by atoms with Gasteiger partial charge in [0, 0.05) is 37.6 Å². The number of nitro benzene ring substituents is 1. The number of nitro groups is 1. The smallest absolute Gasteiger partial charge is 0.338 e. The van der Waals surface area contributed by atoms with E-state index in [4.69, 9.17) is 0 Å². The Kier molecular flexibility index (Phi) is 5.40. The number of hydrogen-bond acceptors (Lipinski definition) is 11. The average Bonchev–Trinajstić information content (AvgIpc) is 3.42. The van der Waals surface area contributed by atoms with Gasteiger partial charge in [-0.15, -0.1) is 11.3 Å². The number of non-ortho nitro benzene ring substituents is 1. The molecular weight excluding hydrogens is 454 g/mol. The van der Waals surface area contributed by atoms with Gasteiger partial charge in [0.25, 0.3) is 15.7 Å². The summed E-state index contributed by atoms with van der Waals surface area (Å²) in [4.78, 5) is 24.2. The number of benzene rings is 1. The van der Waals surface area contributed by atoms with E-state index < -0.39 is 20.9 Å². The molecule has 1 fully saturated rings. The number of ether oxygens (including phenoxy) is 1. The summed E-state index contributed by atoms with van der Waals surface area (Å²) in [5.74, 6) is -0.587. The number of hydrogen-bond donors (Lipinski definition) is 0. The fraction of sp³-hybridized carbons (Fsp3) is 0.312. The largest absolute Gasteiger partial charge is 0.465 e. The van der Waals surface area contributed by atoms with Crippen LogP contribution in [-0.4, -0.2) is 65.7 Å². The van der Waals surface area contributed by atoms with Crippen molar-refractivity contribution in [2.24, 2.45) is 0 Å². The van der Waals surface area contributed by atoms with Crippen LogP contribution in [0.4, 0.5) is 11.4 Å². The summed E-state index contributed by atoms with van der Waals surface area (Å²) in [6.45, 7) is 1.23. The summed E-state index contributed by atoms with van der Waals surface area (Å²) < 4.78 is 40.1. The predicted octanol–water partition coefficient (Wildman–Crippen LogP) is 1.96. The van der Waals surface area contributed by atoms with Gasteiger partial charge >= 0.3 is 5.97 Å². The Morgan fingerprint density at radius 1 is 1.20 bits per heavy atom. The average molecular weight is 470 g/mol. The number of carbonyl (C=O) groups is 1. The Hall–Kier alpha value is -2.68. The number of carbonyl (C=O) groups excluding carboxylic acids is 1. The maximum Gasteiger partial charge on any atom is 0.338 e. The van der Waals surface area contributed by atoms with E-state index in [9.17, 15) is 23.3 Å². The Labute approximate surface area is 179 Å². The standard InChI is InChI=1S/C16H15N5O6S3/c1-27-16(22)10-8-13(28-9-10)30(25,26)20-6-4-19(5-7-20)11-2-3-12(21(23)24)15-14(11)17-29-18-15/h2-3,8-9H,4-7H2,1H3. The van der Waals surface area contributed by atoms with E-state index in [0.717, 1.165) is 23.1 Å². The normalized spacial score (nSPS) is 15.4. The molecule has 0 unspecified atom stereocenters. The molecule has 3 aromatic rings. The van der Waals surface area contributed by atoms with E-state index in [2.05, 4.69) is 13.5 Å². The van der Waals surface area contributed by atoms with Gasteiger partial charge in [0.2, 0.25) is 0 Å². The number of anilines is 1. The molecule has 0 bridgehead atoms. The summed E-state index contributed by atoms with van der Waals surface area (Å²) in [7, 11) is -2.50. The molecule has 158 valence electrons. The first-order chi connectivity index (χ1) is 14.3. The van der Waals surface area contributed by atoms with Gasteiger partial charge in [0.15, 0.2) is 5.52 Å². The minimum Gasteiger partial charge on any atom is -0.465 e. The third kappa shape index (κ3) is 3.51. The summed E-state index contributed by atoms with van der Waals surface area (Å²) in [6, 6.07) is 4.33. The number of piperazine rings is 1. The van der Waals surface area contributed by atoms with Crippen molar-refractivity contribution in [1.82, 2.24) is 13.1 Å². The van der Waals surface area contributed by atoms with Crippen molar-refractivity contribution in [3.05, 3.63) is 39.3 Å². The van der Waals surface area contributed by atoms with Crippen LogP contribution in [-0.2, 0) is 14.8 Å². The monoisotopic (exact) mass is 469 g/mol. The molecule has 4 rings (SSSR count). The molecule has 11 nitrogen and oxygen atoms in total. The van der Waals surface area contributed by atoms with E-state index in [1.807, 2.05) is 4.90 Å². The molecule has 1 aliphatic rings. The summed E-state index contributed by atoms with van der Waals surface area (Å²) in [6.07, 6.45) is 0. The molecule has 0 N–H and O–H groups in total. The van der Waals surface area contributed by atoms with Crippen molar-refractivity contribution in [3.8, 4) is 0 Å². The maximum atomic E-state index is 12.9. The highest BCUT2D eigenvalue weighted by Crippen LogP contribution is 2.33. The zero-order valence-corrected chi connectivity index (χ0v) is 18.0. The lowest BCUT2D eigenvalue weighted by Gasteiger charge is -2.35. The second-order valence-electron chi connectivity index (χ2n) is 6.36. The number of thiophene rings is 1. The lowest BCUT2D eigenvalue weighted by Crippen LogP contribution is -2.48. The molecule has 0 amide bonds. The topological polar surface area (TPSA) is 136 Å². The van der Waals surface area contributed by atoms with Gasteiger partial charge in [0.1, 0.15) is 9.73 Å². The fourth-order valence-electron chi connectivity index (χ4n) is 3.22. The number of fused-ring (bicyclic) bond motifs is 1. The van der Waals surface area contributed by atoms with Crippen LogP contribution in [0.25, 0.3) is 11.0 Å². The van der Waals surface area contributed by atoms with Crippen LogP contribution in [0.2, 0.25) is 0 Å². The first kappa shape index (κ1) is 20.6. The number of methoxy groups -OCH3 is 1. The molecular formula is C16H15N5O6S3. The first-order valence-corrected chi connectivity index (χ1v) is 11.7. The van der Waals surface area contributed by atoms with Gasteiger partial charge in [-0.1, -0.05) is 0 Å². The van der Waals surface area contributed by atoms with Gasteiger partial charge in [-0.05, 0) is 12.1 Å². The number of nitrogens with zero attached hydrogens (tertiary/aromatic N) is 5. The maximum absolute atomic E-state index is 12.9. The van der Waals surface area contributed by atoms with E-state index in [1.165, 1.54) is 28.9 Å². The molecule has 0 spiro atoms. The zero-order valence-electron chi connectivity index (χ0n) is 15.5. The molecule has 0 aliphatic carbocycles. The van der Waals surface area contributed by atoms with Crippen LogP contribution in [0.3, 0.4) is 0 Å². The van der Waals surface area contributed by atoms with Gasteiger partial charge in [-0.2, -0.15) is 13.1 Å². The number of sulfonamides is 1. The number of esters is 1. The van der Waals surface area contributed by atoms with Crippen molar-refractivity contribution in [2.75, 3.05) is 38.2 Å². The third-order valence-electron chi connectivity index (χ3n) is 4.74. The molecule has 3 heterocycles. The minimum absolute atomic E-state index is 0.0813. The van der Waals surface area contributed by atoms with E-state index >= 15 is 0 Å². The first-order valence-electron chi connectivity index (χ1n) is 8.64. The Morgan fingerprint density at radius 3 is 2.57 bits per heavy atom. The second kappa shape index (κ2) is 7.86. The predicted molar refractivity (Wildman–Crippen MR) is 111 cm³/mol. The highest BCUT2D eigenvalue weighted by Gasteiger charge is 2.31. The van der Waals surface area contributed by atoms with E-state index in [1.54, 1.807) is 6.07 Å². The molecule has 14 heteroatoms. The Balaban J connectivity index is 1.53. The van der Waals surface area contributed by atoms with Crippen molar-refractivity contribution in [1.29, 1.82) is 0 Å². The molecule has 30 heavy (non-hydrogen) atoms. The van der Waals surface area contributed by atoms with Crippen molar-refractivity contribution in [2.45, 2.75) is 4.21 Å². The van der Waals surface area contributed by atoms with Crippen molar-refractivity contribution >= 4 is 61.5 Å². The highest BCUT2D eigenvalue weighted by atomic mass is 32.2. The quantitative estimate of drug-likeness (QED) is 0.312. The SMILES string of the molecule is COC(=O)c1csc(S(=O)(=O)N2CCN(c3ccc([N+](=O)[O-])c4nsnc34)CC2)c1. The molecule has 0 atom stereocenters. The molecule has 2 aromatic heterocycles. The molecule has 1 aliphatic heterocycles. The van der Waals surface area contributed by atoms with E-state index in [0.29, 0.717) is 24.3 Å². The minimum atomic E-state index is -3.74. The molecule has 1 saturated heterocycles. The van der Waals surface area contributed by atoms with Crippen LogP contribution >= 0.6 is 23.1 Å². The van der Waals surface area contributed by atoms with Crippen molar-refractivity contribution in [3.63, 3.8) is 0 Å². The van der Waals surface area contributed by atoms with Crippen LogP contribution in [0.5, 0.6) is 0 Å². The number of aromatic nitrogens is 2. The summed E-state index contributed by atoms with van der Waals surface area (Å²) in [5.41, 5.74) is 1.44. The summed E-state index contributed by atoms with van der Waals surface area (Å²) >= 11 is 1.87. The second-order valence-corrected chi connectivity index (χ2v) is 9.96. The van der Waals surface area contributed by atoms with E-state index in [-0.39, 0.29) is 34.1 Å². The zero-order chi connectivity index (χ0) is 21.5. The molecule has 0 radical (unpaired) electrons. The van der Waals surface area contributed by atoms with Gasteiger partial charge < -0.3 is 9.64 Å².